The normalized spacial score (nSPS) is 10.5. The number of hydrogen-bond acceptors (Lipinski definition) is 1. The molecule has 2 heteroatoms. The summed E-state index contributed by atoms with van der Waals surface area (Å²) >= 11 is 0. The molecule has 0 radical (unpaired) electrons. The summed E-state index contributed by atoms with van der Waals surface area (Å²) in [5, 5.41) is 0. The van der Waals surface area contributed by atoms with Crippen molar-refractivity contribution >= 4 is 5.91 Å². The van der Waals surface area contributed by atoms with E-state index in [0.29, 0.717) is 6.42 Å². The second-order valence-electron chi connectivity index (χ2n) is 5.19. The number of benzene rings is 1. The molecule has 0 aliphatic carbocycles. The smallest absolute Gasteiger partial charge is 0.226 e. The highest BCUT2D eigenvalue weighted by atomic mass is 16.2. The van der Waals surface area contributed by atoms with E-state index in [1.807, 2.05) is 17.0 Å². The highest BCUT2D eigenvalue weighted by molar-refractivity contribution is 5.79. The van der Waals surface area contributed by atoms with Crippen molar-refractivity contribution in [1.82, 2.24) is 4.90 Å². The van der Waals surface area contributed by atoms with Crippen LogP contribution in [-0.2, 0) is 11.2 Å². The van der Waals surface area contributed by atoms with E-state index in [-0.39, 0.29) is 5.91 Å². The third-order valence-corrected chi connectivity index (χ3v) is 3.52. The summed E-state index contributed by atoms with van der Waals surface area (Å²) in [6.07, 6.45) is 5.02. The summed E-state index contributed by atoms with van der Waals surface area (Å²) in [7, 11) is 0. The van der Waals surface area contributed by atoms with Crippen molar-refractivity contribution in [2.75, 3.05) is 13.1 Å². The third kappa shape index (κ3) is 5.46. The van der Waals surface area contributed by atoms with Gasteiger partial charge in [0, 0.05) is 13.1 Å². The van der Waals surface area contributed by atoms with Gasteiger partial charge in [-0.15, -0.1) is 0 Å². The number of unbranched alkanes of at least 4 members (excludes halogenated alkanes) is 2. The largest absolute Gasteiger partial charge is 0.342 e. The van der Waals surface area contributed by atoms with E-state index < -0.39 is 0 Å². The fourth-order valence-electron chi connectivity index (χ4n) is 2.14. The molecule has 0 aliphatic rings. The van der Waals surface area contributed by atoms with E-state index in [4.69, 9.17) is 0 Å². The number of aryl methyl sites for hydroxylation is 1. The van der Waals surface area contributed by atoms with Gasteiger partial charge in [-0.25, -0.2) is 0 Å². The minimum atomic E-state index is 0.274. The lowest BCUT2D eigenvalue weighted by Gasteiger charge is -2.23. The quantitative estimate of drug-likeness (QED) is 0.693. The minimum Gasteiger partial charge on any atom is -0.342 e. The van der Waals surface area contributed by atoms with E-state index in [2.05, 4.69) is 32.9 Å². The molecule has 19 heavy (non-hydrogen) atoms. The number of rotatable bonds is 8. The van der Waals surface area contributed by atoms with Gasteiger partial charge >= 0.3 is 0 Å². The Kier molecular flexibility index (Phi) is 7.24. The molecular weight excluding hydrogens is 234 g/mol. The van der Waals surface area contributed by atoms with Crippen molar-refractivity contribution in [2.24, 2.45) is 0 Å². The topological polar surface area (TPSA) is 20.3 Å². The predicted octanol–water partition coefficient (Wildman–Crippen LogP) is 3.97. The van der Waals surface area contributed by atoms with Gasteiger partial charge in [-0.05, 0) is 30.9 Å². The summed E-state index contributed by atoms with van der Waals surface area (Å²) < 4.78 is 0. The molecule has 0 N–H and O–H groups in total. The predicted molar refractivity (Wildman–Crippen MR) is 81.3 cm³/mol. The van der Waals surface area contributed by atoms with Gasteiger partial charge < -0.3 is 4.90 Å². The lowest BCUT2D eigenvalue weighted by Crippen LogP contribution is -2.34. The van der Waals surface area contributed by atoms with Gasteiger partial charge in [-0.1, -0.05) is 51.0 Å². The summed E-state index contributed by atoms with van der Waals surface area (Å²) in [6.45, 7) is 8.22. The average Bonchev–Trinajstić information content (AvgIpc) is 2.41. The molecule has 1 aromatic carbocycles. The van der Waals surface area contributed by atoms with Gasteiger partial charge in [0.25, 0.3) is 0 Å². The fourth-order valence-corrected chi connectivity index (χ4v) is 2.14. The number of amides is 1. The minimum absolute atomic E-state index is 0.274. The van der Waals surface area contributed by atoms with Crippen LogP contribution < -0.4 is 0 Å². The van der Waals surface area contributed by atoms with Crippen LogP contribution in [0.25, 0.3) is 0 Å². The Labute approximate surface area is 117 Å². The number of nitrogens with zero attached hydrogens (tertiary/aromatic N) is 1. The van der Waals surface area contributed by atoms with Crippen LogP contribution in [0.1, 0.15) is 50.7 Å². The number of hydrogen-bond donors (Lipinski definition) is 0. The summed E-state index contributed by atoms with van der Waals surface area (Å²) in [5.41, 5.74) is 2.37. The molecule has 0 unspecified atom stereocenters. The van der Waals surface area contributed by atoms with E-state index >= 15 is 0 Å². The first-order valence-electron chi connectivity index (χ1n) is 7.51. The maximum atomic E-state index is 12.4. The van der Waals surface area contributed by atoms with Gasteiger partial charge in [0.2, 0.25) is 5.91 Å². The van der Waals surface area contributed by atoms with Crippen molar-refractivity contribution < 1.29 is 4.79 Å². The summed E-state index contributed by atoms with van der Waals surface area (Å²) in [4.78, 5) is 14.4. The highest BCUT2D eigenvalue weighted by Crippen LogP contribution is 2.10. The highest BCUT2D eigenvalue weighted by Gasteiger charge is 2.13. The zero-order chi connectivity index (χ0) is 14.1. The standard InChI is InChI=1S/C17H27NO/c1-4-6-12-18(13-7-5-2)17(19)14-16-11-9-8-10-15(16)3/h8-11H,4-7,12-14H2,1-3H3. The van der Waals surface area contributed by atoms with Crippen molar-refractivity contribution in [3.05, 3.63) is 35.4 Å². The van der Waals surface area contributed by atoms with Crippen LogP contribution in [0.5, 0.6) is 0 Å². The first-order valence-corrected chi connectivity index (χ1v) is 7.51. The first kappa shape index (κ1) is 15.7. The maximum Gasteiger partial charge on any atom is 0.226 e. The van der Waals surface area contributed by atoms with Gasteiger partial charge in [-0.2, -0.15) is 0 Å². The molecule has 0 saturated heterocycles. The van der Waals surface area contributed by atoms with Crippen molar-refractivity contribution in [1.29, 1.82) is 0 Å². The lowest BCUT2D eigenvalue weighted by atomic mass is 10.1. The van der Waals surface area contributed by atoms with Crippen LogP contribution in [0.3, 0.4) is 0 Å². The molecule has 106 valence electrons. The molecule has 0 fully saturated rings. The second-order valence-corrected chi connectivity index (χ2v) is 5.19. The molecule has 1 aromatic rings. The third-order valence-electron chi connectivity index (χ3n) is 3.52. The summed E-state index contributed by atoms with van der Waals surface area (Å²) in [6, 6.07) is 8.17. The van der Waals surface area contributed by atoms with E-state index in [9.17, 15) is 4.79 Å². The van der Waals surface area contributed by atoms with Crippen LogP contribution in [-0.4, -0.2) is 23.9 Å². The molecule has 0 saturated carbocycles. The van der Waals surface area contributed by atoms with Crippen molar-refractivity contribution in [3.8, 4) is 0 Å². The van der Waals surface area contributed by atoms with Crippen LogP contribution >= 0.6 is 0 Å². The van der Waals surface area contributed by atoms with Gasteiger partial charge in [-0.3, -0.25) is 4.79 Å². The molecule has 0 atom stereocenters. The SMILES string of the molecule is CCCCN(CCCC)C(=O)Cc1ccccc1C. The zero-order valence-electron chi connectivity index (χ0n) is 12.6. The maximum absolute atomic E-state index is 12.4. The van der Waals surface area contributed by atoms with Gasteiger partial charge in [0.15, 0.2) is 0 Å². The summed E-state index contributed by atoms with van der Waals surface area (Å²) in [5.74, 6) is 0.274. The number of carbonyl (C=O) groups is 1. The molecule has 0 spiro atoms. The fraction of sp³-hybridized carbons (Fsp3) is 0.588. The molecular formula is C17H27NO. The van der Waals surface area contributed by atoms with E-state index in [1.54, 1.807) is 0 Å². The Balaban J connectivity index is 2.62. The van der Waals surface area contributed by atoms with Gasteiger partial charge in [0.1, 0.15) is 0 Å². The second kappa shape index (κ2) is 8.73. The van der Waals surface area contributed by atoms with E-state index in [0.717, 1.165) is 44.3 Å². The molecule has 0 heterocycles. The van der Waals surface area contributed by atoms with E-state index in [1.165, 1.54) is 5.56 Å². The Morgan fingerprint density at radius 3 is 2.16 bits per heavy atom. The molecule has 2 nitrogen and oxygen atoms in total. The molecule has 0 bridgehead atoms. The van der Waals surface area contributed by atoms with Crippen molar-refractivity contribution in [3.63, 3.8) is 0 Å². The van der Waals surface area contributed by atoms with Crippen LogP contribution in [0.15, 0.2) is 24.3 Å². The zero-order valence-corrected chi connectivity index (χ0v) is 12.6. The van der Waals surface area contributed by atoms with Gasteiger partial charge in [0.05, 0.1) is 6.42 Å². The molecule has 1 amide bonds. The first-order chi connectivity index (χ1) is 9.19. The monoisotopic (exact) mass is 261 g/mol. The Bertz CT molecular complexity index is 379. The Hall–Kier alpha value is -1.31. The number of carbonyl (C=O) groups excluding carboxylic acids is 1. The van der Waals surface area contributed by atoms with Crippen molar-refractivity contribution in [2.45, 2.75) is 52.9 Å². The van der Waals surface area contributed by atoms with Crippen LogP contribution in [0.4, 0.5) is 0 Å². The van der Waals surface area contributed by atoms with Crippen LogP contribution in [0.2, 0.25) is 0 Å². The Morgan fingerprint density at radius 1 is 1.05 bits per heavy atom. The molecule has 0 aliphatic heterocycles. The Morgan fingerprint density at radius 2 is 1.63 bits per heavy atom. The molecule has 0 aromatic heterocycles. The van der Waals surface area contributed by atoms with Crippen LogP contribution in [0, 0.1) is 6.92 Å². The lowest BCUT2D eigenvalue weighted by molar-refractivity contribution is -0.130. The molecule has 1 rings (SSSR count). The average molecular weight is 261 g/mol.